The average Bonchev–Trinajstić information content (AvgIpc) is 2.14. The highest BCUT2D eigenvalue weighted by molar-refractivity contribution is 5.85. The van der Waals surface area contributed by atoms with Crippen LogP contribution in [0.4, 0.5) is 0 Å². The summed E-state index contributed by atoms with van der Waals surface area (Å²) in [5.41, 5.74) is 5.73. The number of amidine groups is 1. The zero-order chi connectivity index (χ0) is 12.8. The first-order valence-corrected chi connectivity index (χ1v) is 5.88. The van der Waals surface area contributed by atoms with Crippen LogP contribution < -0.4 is 11.1 Å². The van der Waals surface area contributed by atoms with Crippen LogP contribution in [-0.4, -0.2) is 24.1 Å². The van der Waals surface area contributed by atoms with Crippen molar-refractivity contribution in [2.75, 3.05) is 13.1 Å². The molecule has 0 saturated heterocycles. The van der Waals surface area contributed by atoms with Gasteiger partial charge in [-0.25, -0.2) is 0 Å². The van der Waals surface area contributed by atoms with E-state index in [4.69, 9.17) is 10.9 Å². The molecule has 0 atom stereocenters. The Morgan fingerprint density at radius 2 is 1.62 bits per heavy atom. The molecular formula is C12H27N3O. The Morgan fingerprint density at radius 3 is 2.06 bits per heavy atom. The van der Waals surface area contributed by atoms with E-state index in [0.29, 0.717) is 11.3 Å². The smallest absolute Gasteiger partial charge is 0.144 e. The number of rotatable bonds is 6. The summed E-state index contributed by atoms with van der Waals surface area (Å²) in [7, 11) is 0. The lowest BCUT2D eigenvalue weighted by Crippen LogP contribution is -2.35. The van der Waals surface area contributed by atoms with Crippen LogP contribution in [0.3, 0.4) is 0 Å². The summed E-state index contributed by atoms with van der Waals surface area (Å²) < 4.78 is 0. The lowest BCUT2D eigenvalue weighted by Gasteiger charge is -2.23. The van der Waals surface area contributed by atoms with Crippen LogP contribution in [0, 0.1) is 10.8 Å². The Labute approximate surface area is 99.3 Å². The van der Waals surface area contributed by atoms with Crippen LogP contribution >= 0.6 is 0 Å². The van der Waals surface area contributed by atoms with Gasteiger partial charge in [-0.2, -0.15) is 0 Å². The third-order valence-corrected chi connectivity index (χ3v) is 2.78. The summed E-state index contributed by atoms with van der Waals surface area (Å²) in [6.45, 7) is 12.6. The Hall–Kier alpha value is -0.770. The molecule has 0 aromatic rings. The van der Waals surface area contributed by atoms with Crippen molar-refractivity contribution >= 4 is 5.84 Å². The number of hydrogen-bond acceptors (Lipinski definition) is 3. The molecule has 0 aromatic heterocycles. The van der Waals surface area contributed by atoms with Gasteiger partial charge >= 0.3 is 0 Å². The molecule has 0 aromatic carbocycles. The average molecular weight is 229 g/mol. The van der Waals surface area contributed by atoms with Crippen molar-refractivity contribution in [3.05, 3.63) is 0 Å². The maximum Gasteiger partial charge on any atom is 0.144 e. The minimum atomic E-state index is -0.247. The molecule has 0 heterocycles. The number of nitrogens with two attached hydrogens (primary N) is 1. The molecule has 4 nitrogen and oxygen atoms in total. The predicted molar refractivity (Wildman–Crippen MR) is 68.7 cm³/mol. The van der Waals surface area contributed by atoms with Gasteiger partial charge in [0.05, 0.1) is 0 Å². The maximum atomic E-state index is 8.62. The number of oxime groups is 1. The molecule has 4 heteroatoms. The van der Waals surface area contributed by atoms with E-state index >= 15 is 0 Å². The van der Waals surface area contributed by atoms with Crippen LogP contribution in [0.5, 0.6) is 0 Å². The normalized spacial score (nSPS) is 14.2. The molecule has 0 aliphatic carbocycles. The fourth-order valence-corrected chi connectivity index (χ4v) is 1.25. The van der Waals surface area contributed by atoms with Gasteiger partial charge in [0.2, 0.25) is 0 Å². The summed E-state index contributed by atoms with van der Waals surface area (Å²) >= 11 is 0. The Morgan fingerprint density at radius 1 is 1.12 bits per heavy atom. The van der Waals surface area contributed by atoms with Gasteiger partial charge in [-0.1, -0.05) is 39.8 Å². The van der Waals surface area contributed by atoms with Crippen molar-refractivity contribution in [3.63, 3.8) is 0 Å². The van der Waals surface area contributed by atoms with E-state index in [0.717, 1.165) is 25.9 Å². The lowest BCUT2D eigenvalue weighted by molar-refractivity contribution is 0.304. The van der Waals surface area contributed by atoms with Gasteiger partial charge in [0, 0.05) is 5.41 Å². The molecule has 0 saturated carbocycles. The molecule has 0 fully saturated rings. The largest absolute Gasteiger partial charge is 0.409 e. The predicted octanol–water partition coefficient (Wildman–Crippen LogP) is 2.17. The molecule has 16 heavy (non-hydrogen) atoms. The molecular weight excluding hydrogens is 202 g/mol. The van der Waals surface area contributed by atoms with E-state index in [9.17, 15) is 0 Å². The van der Waals surface area contributed by atoms with Gasteiger partial charge < -0.3 is 16.3 Å². The first-order valence-electron chi connectivity index (χ1n) is 5.88. The maximum absolute atomic E-state index is 8.62. The molecule has 0 radical (unpaired) electrons. The van der Waals surface area contributed by atoms with Crippen molar-refractivity contribution < 1.29 is 5.21 Å². The van der Waals surface area contributed by atoms with E-state index in [1.54, 1.807) is 0 Å². The van der Waals surface area contributed by atoms with Crippen molar-refractivity contribution in [1.82, 2.24) is 5.32 Å². The highest BCUT2D eigenvalue weighted by atomic mass is 16.4. The molecule has 0 spiro atoms. The highest BCUT2D eigenvalue weighted by Gasteiger charge is 2.22. The molecule has 0 bridgehead atoms. The third-order valence-electron chi connectivity index (χ3n) is 2.78. The van der Waals surface area contributed by atoms with Crippen LogP contribution in [0.15, 0.2) is 5.16 Å². The molecule has 0 unspecified atom stereocenters. The van der Waals surface area contributed by atoms with E-state index in [1.165, 1.54) is 0 Å². The minimum absolute atomic E-state index is 0.247. The van der Waals surface area contributed by atoms with Crippen LogP contribution in [-0.2, 0) is 0 Å². The Bertz CT molecular complexity index is 229. The summed E-state index contributed by atoms with van der Waals surface area (Å²) in [5.74, 6) is 0.296. The highest BCUT2D eigenvalue weighted by Crippen LogP contribution is 2.20. The van der Waals surface area contributed by atoms with E-state index in [2.05, 4.69) is 31.2 Å². The number of hydrogen-bond donors (Lipinski definition) is 3. The SMILES string of the molecule is CC(C)(C)CCNCCC(C)(C)C(N)=NO. The molecule has 0 rings (SSSR count). The molecule has 96 valence electrons. The van der Waals surface area contributed by atoms with E-state index in [1.807, 2.05) is 13.8 Å². The zero-order valence-corrected chi connectivity index (χ0v) is 11.3. The first kappa shape index (κ1) is 15.2. The topological polar surface area (TPSA) is 70.6 Å². The van der Waals surface area contributed by atoms with Crippen molar-refractivity contribution in [3.8, 4) is 0 Å². The van der Waals surface area contributed by atoms with Crippen LogP contribution in [0.2, 0.25) is 0 Å². The first-order chi connectivity index (χ1) is 7.19. The lowest BCUT2D eigenvalue weighted by atomic mass is 9.88. The zero-order valence-electron chi connectivity index (χ0n) is 11.3. The van der Waals surface area contributed by atoms with E-state index in [-0.39, 0.29) is 5.41 Å². The number of nitrogens with zero attached hydrogens (tertiary/aromatic N) is 1. The van der Waals surface area contributed by atoms with Gasteiger partial charge in [-0.05, 0) is 31.3 Å². The third kappa shape index (κ3) is 6.67. The van der Waals surface area contributed by atoms with Gasteiger partial charge in [-0.3, -0.25) is 0 Å². The molecule has 4 N–H and O–H groups in total. The van der Waals surface area contributed by atoms with Gasteiger partial charge in [-0.15, -0.1) is 0 Å². The van der Waals surface area contributed by atoms with Crippen LogP contribution in [0.1, 0.15) is 47.5 Å². The molecule has 0 aliphatic rings. The second kappa shape index (κ2) is 6.09. The summed E-state index contributed by atoms with van der Waals surface area (Å²) in [6, 6.07) is 0. The van der Waals surface area contributed by atoms with Crippen molar-refractivity contribution in [2.45, 2.75) is 47.5 Å². The monoisotopic (exact) mass is 229 g/mol. The minimum Gasteiger partial charge on any atom is -0.409 e. The Balaban J connectivity index is 3.75. The van der Waals surface area contributed by atoms with Crippen LogP contribution in [0.25, 0.3) is 0 Å². The fourth-order valence-electron chi connectivity index (χ4n) is 1.25. The van der Waals surface area contributed by atoms with Gasteiger partial charge in [0.1, 0.15) is 5.84 Å². The van der Waals surface area contributed by atoms with Gasteiger partial charge in [0.15, 0.2) is 0 Å². The second-order valence-corrected chi connectivity index (χ2v) is 6.18. The Kier molecular flexibility index (Phi) is 5.79. The van der Waals surface area contributed by atoms with Crippen molar-refractivity contribution in [1.29, 1.82) is 0 Å². The molecule has 0 aliphatic heterocycles. The summed E-state index contributed by atoms with van der Waals surface area (Å²) in [6.07, 6.45) is 2.02. The number of nitrogens with one attached hydrogen (secondary N) is 1. The fraction of sp³-hybridized carbons (Fsp3) is 0.917. The van der Waals surface area contributed by atoms with Crippen molar-refractivity contribution in [2.24, 2.45) is 21.7 Å². The quantitative estimate of drug-likeness (QED) is 0.215. The summed E-state index contributed by atoms with van der Waals surface area (Å²) in [4.78, 5) is 0. The van der Waals surface area contributed by atoms with Gasteiger partial charge in [0.25, 0.3) is 0 Å². The van der Waals surface area contributed by atoms with E-state index < -0.39 is 0 Å². The molecule has 0 amide bonds. The summed E-state index contributed by atoms with van der Waals surface area (Å²) in [5, 5.41) is 15.1. The second-order valence-electron chi connectivity index (χ2n) is 6.18. The standard InChI is InChI=1S/C12H27N3O/c1-11(2,3)6-8-14-9-7-12(4,5)10(13)15-16/h14,16H,6-9H2,1-5H3,(H2,13,15).